The van der Waals surface area contributed by atoms with Crippen molar-refractivity contribution < 1.29 is 17.7 Å². The Morgan fingerprint density at radius 2 is 2.00 bits per heavy atom. The predicted octanol–water partition coefficient (Wildman–Crippen LogP) is 1.62. The van der Waals surface area contributed by atoms with Gasteiger partial charge < -0.3 is 9.42 Å². The molecule has 0 aliphatic carbocycles. The third-order valence-electron chi connectivity index (χ3n) is 5.06. The minimum Gasteiger partial charge on any atom is -0.337 e. The van der Waals surface area contributed by atoms with Crippen LogP contribution in [0.4, 0.5) is 0 Å². The maximum absolute atomic E-state index is 12.9. The molecule has 2 saturated heterocycles. The molecule has 8 nitrogen and oxygen atoms in total. The summed E-state index contributed by atoms with van der Waals surface area (Å²) < 4.78 is 28.6. The van der Waals surface area contributed by atoms with Crippen LogP contribution in [-0.4, -0.2) is 52.4 Å². The fraction of sp³-hybridized carbons (Fsp3) is 0.529. The van der Waals surface area contributed by atoms with E-state index in [0.29, 0.717) is 36.8 Å². The van der Waals surface area contributed by atoms with E-state index < -0.39 is 9.84 Å². The van der Waals surface area contributed by atoms with Gasteiger partial charge in [-0.2, -0.15) is 4.98 Å². The highest BCUT2D eigenvalue weighted by atomic mass is 32.2. The van der Waals surface area contributed by atoms with Crippen molar-refractivity contribution in [3.05, 3.63) is 30.3 Å². The Labute approximate surface area is 151 Å². The lowest BCUT2D eigenvalue weighted by Gasteiger charge is -2.29. The third kappa shape index (κ3) is 3.35. The van der Waals surface area contributed by atoms with E-state index in [2.05, 4.69) is 15.1 Å². The monoisotopic (exact) mass is 376 g/mol. The van der Waals surface area contributed by atoms with Gasteiger partial charge in [-0.05, 0) is 37.8 Å². The summed E-state index contributed by atoms with van der Waals surface area (Å²) in [4.78, 5) is 23.3. The van der Waals surface area contributed by atoms with Gasteiger partial charge in [-0.3, -0.25) is 9.78 Å². The molecule has 2 aliphatic rings. The molecule has 0 unspecified atom stereocenters. The Bertz CT molecular complexity index is 882. The van der Waals surface area contributed by atoms with E-state index in [9.17, 15) is 13.2 Å². The zero-order chi connectivity index (χ0) is 18.1. The SMILES string of the molecule is O=C(C1CCS(=O)(=O)CC1)N1CCC[C@H]1c1nc(-c2ccccn2)no1. The van der Waals surface area contributed by atoms with Crippen LogP contribution in [0.15, 0.2) is 28.9 Å². The topological polar surface area (TPSA) is 106 Å². The number of rotatable bonds is 3. The lowest BCUT2D eigenvalue weighted by atomic mass is 10.0. The van der Waals surface area contributed by atoms with E-state index in [-0.39, 0.29) is 29.4 Å². The first-order valence-corrected chi connectivity index (χ1v) is 10.6. The van der Waals surface area contributed by atoms with E-state index in [1.54, 1.807) is 17.2 Å². The van der Waals surface area contributed by atoms with Crippen LogP contribution in [0, 0.1) is 5.92 Å². The summed E-state index contributed by atoms with van der Waals surface area (Å²) in [5, 5.41) is 3.99. The smallest absolute Gasteiger partial charge is 0.249 e. The highest BCUT2D eigenvalue weighted by molar-refractivity contribution is 7.91. The van der Waals surface area contributed by atoms with E-state index in [4.69, 9.17) is 4.52 Å². The van der Waals surface area contributed by atoms with Crippen LogP contribution in [0.2, 0.25) is 0 Å². The largest absolute Gasteiger partial charge is 0.337 e. The molecule has 0 radical (unpaired) electrons. The first-order valence-electron chi connectivity index (χ1n) is 8.79. The first-order chi connectivity index (χ1) is 12.5. The van der Waals surface area contributed by atoms with E-state index in [0.717, 1.165) is 12.8 Å². The third-order valence-corrected chi connectivity index (χ3v) is 6.78. The van der Waals surface area contributed by atoms with Crippen molar-refractivity contribution in [3.8, 4) is 11.5 Å². The Kier molecular flexibility index (Phi) is 4.47. The number of carbonyl (C=O) groups is 1. The fourth-order valence-electron chi connectivity index (χ4n) is 3.63. The molecule has 0 spiro atoms. The zero-order valence-electron chi connectivity index (χ0n) is 14.2. The molecule has 2 aromatic heterocycles. The quantitative estimate of drug-likeness (QED) is 0.801. The number of sulfone groups is 1. The maximum Gasteiger partial charge on any atom is 0.249 e. The molecule has 0 saturated carbocycles. The van der Waals surface area contributed by atoms with E-state index >= 15 is 0 Å². The van der Waals surface area contributed by atoms with Crippen molar-refractivity contribution in [2.75, 3.05) is 18.1 Å². The van der Waals surface area contributed by atoms with Gasteiger partial charge in [-0.15, -0.1) is 0 Å². The molecule has 2 aliphatic heterocycles. The second kappa shape index (κ2) is 6.79. The molecular formula is C17H20N4O4S. The minimum atomic E-state index is -2.98. The second-order valence-corrected chi connectivity index (χ2v) is 9.09. The molecule has 2 fully saturated rings. The molecule has 26 heavy (non-hydrogen) atoms. The average molecular weight is 376 g/mol. The number of carbonyl (C=O) groups excluding carboxylic acids is 1. The lowest BCUT2D eigenvalue weighted by Crippen LogP contribution is -2.39. The summed E-state index contributed by atoms with van der Waals surface area (Å²) in [6.07, 6.45) is 4.08. The van der Waals surface area contributed by atoms with Gasteiger partial charge in [-0.1, -0.05) is 11.2 Å². The van der Waals surface area contributed by atoms with Crippen LogP contribution in [0.5, 0.6) is 0 Å². The van der Waals surface area contributed by atoms with Crippen LogP contribution < -0.4 is 0 Å². The molecule has 0 N–H and O–H groups in total. The molecular weight excluding hydrogens is 356 g/mol. The summed E-state index contributed by atoms with van der Waals surface area (Å²) in [5.74, 6) is 0.763. The normalized spacial score (nSPS) is 23.2. The summed E-state index contributed by atoms with van der Waals surface area (Å²) in [7, 11) is -2.98. The molecule has 1 amide bonds. The van der Waals surface area contributed by atoms with E-state index in [1.165, 1.54) is 0 Å². The number of hydrogen-bond donors (Lipinski definition) is 0. The number of likely N-dealkylation sites (tertiary alicyclic amines) is 1. The maximum atomic E-state index is 12.9. The number of aromatic nitrogens is 3. The van der Waals surface area contributed by atoms with Crippen LogP contribution in [0.25, 0.3) is 11.5 Å². The van der Waals surface area contributed by atoms with Crippen molar-refractivity contribution in [2.45, 2.75) is 31.7 Å². The van der Waals surface area contributed by atoms with Crippen molar-refractivity contribution in [3.63, 3.8) is 0 Å². The predicted molar refractivity (Wildman–Crippen MR) is 92.6 cm³/mol. The Balaban J connectivity index is 1.50. The molecule has 138 valence electrons. The molecule has 9 heteroatoms. The van der Waals surface area contributed by atoms with E-state index in [1.807, 2.05) is 12.1 Å². The van der Waals surface area contributed by atoms with Gasteiger partial charge in [-0.25, -0.2) is 8.42 Å². The van der Waals surface area contributed by atoms with Crippen LogP contribution in [0.1, 0.15) is 37.6 Å². The summed E-state index contributed by atoms with van der Waals surface area (Å²) in [6, 6.07) is 5.22. The molecule has 1 atom stereocenters. The summed E-state index contributed by atoms with van der Waals surface area (Å²) >= 11 is 0. The summed E-state index contributed by atoms with van der Waals surface area (Å²) in [6.45, 7) is 0.633. The van der Waals surface area contributed by atoms with Crippen molar-refractivity contribution in [1.82, 2.24) is 20.0 Å². The highest BCUT2D eigenvalue weighted by Crippen LogP contribution is 2.34. The average Bonchev–Trinajstić information content (AvgIpc) is 3.31. The van der Waals surface area contributed by atoms with Gasteiger partial charge in [0.2, 0.25) is 17.6 Å². The van der Waals surface area contributed by atoms with Gasteiger partial charge in [0.05, 0.1) is 11.5 Å². The molecule has 4 heterocycles. The van der Waals surface area contributed by atoms with Crippen molar-refractivity contribution >= 4 is 15.7 Å². The standard InChI is InChI=1S/C17H20N4O4S/c22-17(12-6-10-26(23,24)11-7-12)21-9-3-5-14(21)16-19-15(20-25-16)13-4-1-2-8-18-13/h1-2,4,8,12,14H,3,5-7,9-11H2/t14-/m0/s1. The van der Waals surface area contributed by atoms with Crippen LogP contribution >= 0.6 is 0 Å². The summed E-state index contributed by atoms with van der Waals surface area (Å²) in [5.41, 5.74) is 0.621. The number of amides is 1. The minimum absolute atomic E-state index is 0.0000129. The van der Waals surface area contributed by atoms with Gasteiger partial charge in [0.25, 0.3) is 0 Å². The van der Waals surface area contributed by atoms with Crippen molar-refractivity contribution in [1.29, 1.82) is 0 Å². The Morgan fingerprint density at radius 3 is 2.73 bits per heavy atom. The lowest BCUT2D eigenvalue weighted by molar-refractivity contribution is -0.137. The van der Waals surface area contributed by atoms with Gasteiger partial charge in [0.15, 0.2) is 0 Å². The molecule has 2 aromatic rings. The molecule has 0 aromatic carbocycles. The van der Waals surface area contributed by atoms with Crippen LogP contribution in [-0.2, 0) is 14.6 Å². The number of nitrogens with zero attached hydrogens (tertiary/aromatic N) is 4. The highest BCUT2D eigenvalue weighted by Gasteiger charge is 2.39. The first kappa shape index (κ1) is 17.1. The number of pyridine rings is 1. The second-order valence-electron chi connectivity index (χ2n) is 6.79. The Hall–Kier alpha value is -2.29. The van der Waals surface area contributed by atoms with Gasteiger partial charge in [0.1, 0.15) is 21.6 Å². The number of hydrogen-bond acceptors (Lipinski definition) is 7. The molecule has 4 rings (SSSR count). The van der Waals surface area contributed by atoms with Gasteiger partial charge >= 0.3 is 0 Å². The molecule has 0 bridgehead atoms. The fourth-order valence-corrected chi connectivity index (χ4v) is 5.12. The van der Waals surface area contributed by atoms with Crippen molar-refractivity contribution in [2.24, 2.45) is 5.92 Å². The Morgan fingerprint density at radius 1 is 1.19 bits per heavy atom. The van der Waals surface area contributed by atoms with Crippen LogP contribution in [0.3, 0.4) is 0 Å². The van der Waals surface area contributed by atoms with Gasteiger partial charge in [0, 0.05) is 18.7 Å². The zero-order valence-corrected chi connectivity index (χ0v) is 15.1.